The van der Waals surface area contributed by atoms with Crippen LogP contribution >= 0.6 is 23.8 Å². The highest BCUT2D eigenvalue weighted by Gasteiger charge is 2.42. The number of methoxy groups -OCH3 is 1. The number of rotatable bonds is 7. The van der Waals surface area contributed by atoms with Crippen molar-refractivity contribution >= 4 is 46.2 Å². The van der Waals surface area contributed by atoms with Gasteiger partial charge in [0.05, 0.1) is 28.5 Å². The molecule has 2 atom stereocenters. The standard InChI is InChI=1S/C30H28ClN5O4S/c1-17-12-21(18(2)35(17)20-8-10-25-26(14-20)40-16-39-25)29-28(24-6-4-5-11-32-24)34-30(41)36(29)19-7-9-23(22(31)13-19)33-27(37)15-38-3/h4-14,28-29H,15-16H2,1-3H3,(H,33,37)(H,34,41)/t28-,29-/m0/s1. The third kappa shape index (κ3) is 4.99. The van der Waals surface area contributed by atoms with Crippen molar-refractivity contribution in [1.29, 1.82) is 0 Å². The number of hydrogen-bond donors (Lipinski definition) is 2. The number of amides is 1. The quantitative estimate of drug-likeness (QED) is 0.268. The van der Waals surface area contributed by atoms with Crippen LogP contribution in [0.2, 0.25) is 5.02 Å². The third-order valence-electron chi connectivity index (χ3n) is 7.28. The summed E-state index contributed by atoms with van der Waals surface area (Å²) in [4.78, 5) is 18.8. The van der Waals surface area contributed by atoms with Gasteiger partial charge < -0.3 is 34.3 Å². The van der Waals surface area contributed by atoms with E-state index in [2.05, 4.69) is 45.0 Å². The number of anilines is 2. The number of nitrogens with one attached hydrogen (secondary N) is 2. The van der Waals surface area contributed by atoms with Crippen LogP contribution in [-0.2, 0) is 9.53 Å². The Bertz CT molecular complexity index is 1640. The predicted octanol–water partition coefficient (Wildman–Crippen LogP) is 5.63. The molecule has 9 nitrogen and oxygen atoms in total. The van der Waals surface area contributed by atoms with Crippen LogP contribution in [0.1, 0.15) is 34.7 Å². The summed E-state index contributed by atoms with van der Waals surface area (Å²) in [5, 5.41) is 7.21. The van der Waals surface area contributed by atoms with E-state index in [1.807, 2.05) is 48.5 Å². The Morgan fingerprint density at radius 2 is 1.93 bits per heavy atom. The molecular formula is C30H28ClN5O4S. The van der Waals surface area contributed by atoms with Crippen molar-refractivity contribution < 1.29 is 19.0 Å². The Hall–Kier alpha value is -4.12. The lowest BCUT2D eigenvalue weighted by atomic mass is 9.96. The first-order valence-electron chi connectivity index (χ1n) is 13.0. The summed E-state index contributed by atoms with van der Waals surface area (Å²) in [5.41, 5.74) is 6.31. The van der Waals surface area contributed by atoms with Crippen LogP contribution in [0, 0.1) is 13.8 Å². The monoisotopic (exact) mass is 589 g/mol. The number of aryl methyl sites for hydroxylation is 1. The van der Waals surface area contributed by atoms with Gasteiger partial charge in [-0.15, -0.1) is 0 Å². The molecule has 210 valence electrons. The van der Waals surface area contributed by atoms with Gasteiger partial charge in [-0.1, -0.05) is 17.7 Å². The highest BCUT2D eigenvalue weighted by Crippen LogP contribution is 2.45. The van der Waals surface area contributed by atoms with Crippen molar-refractivity contribution in [3.8, 4) is 17.2 Å². The smallest absolute Gasteiger partial charge is 0.250 e. The second kappa shape index (κ2) is 11.0. The fourth-order valence-electron chi connectivity index (χ4n) is 5.53. The van der Waals surface area contributed by atoms with Crippen LogP contribution in [0.3, 0.4) is 0 Å². The van der Waals surface area contributed by atoms with Gasteiger partial charge in [0.15, 0.2) is 16.6 Å². The number of thiocarbonyl (C=S) groups is 1. The number of hydrogen-bond acceptors (Lipinski definition) is 6. The van der Waals surface area contributed by atoms with Gasteiger partial charge in [0.25, 0.3) is 0 Å². The number of pyridine rings is 1. The Kier molecular flexibility index (Phi) is 7.29. The summed E-state index contributed by atoms with van der Waals surface area (Å²) in [6.07, 6.45) is 1.78. The molecule has 2 N–H and O–H groups in total. The first-order valence-corrected chi connectivity index (χ1v) is 13.8. The topological polar surface area (TPSA) is 89.9 Å². The molecule has 2 aromatic carbocycles. The molecule has 1 fully saturated rings. The lowest BCUT2D eigenvalue weighted by Gasteiger charge is -2.28. The second-order valence-corrected chi connectivity index (χ2v) is 10.6. The average molecular weight is 590 g/mol. The van der Waals surface area contributed by atoms with Crippen molar-refractivity contribution in [1.82, 2.24) is 14.9 Å². The largest absolute Gasteiger partial charge is 0.454 e. The number of fused-ring (bicyclic) bond motifs is 1. The number of aromatic nitrogens is 2. The van der Waals surface area contributed by atoms with Gasteiger partial charge in [-0.2, -0.15) is 0 Å². The lowest BCUT2D eigenvalue weighted by molar-refractivity contribution is -0.119. The van der Waals surface area contributed by atoms with E-state index in [-0.39, 0.29) is 31.4 Å². The van der Waals surface area contributed by atoms with Crippen LogP contribution in [0.4, 0.5) is 11.4 Å². The molecule has 0 spiro atoms. The summed E-state index contributed by atoms with van der Waals surface area (Å²) in [6.45, 7) is 4.33. The number of benzene rings is 2. The molecule has 2 aliphatic rings. The van der Waals surface area contributed by atoms with E-state index in [9.17, 15) is 4.79 Å². The summed E-state index contributed by atoms with van der Waals surface area (Å²) >= 11 is 12.6. The van der Waals surface area contributed by atoms with Crippen molar-refractivity contribution in [2.45, 2.75) is 25.9 Å². The van der Waals surface area contributed by atoms with Crippen molar-refractivity contribution in [3.05, 3.63) is 94.5 Å². The molecule has 0 unspecified atom stereocenters. The number of ether oxygens (including phenoxy) is 3. The van der Waals surface area contributed by atoms with Crippen molar-refractivity contribution in [3.63, 3.8) is 0 Å². The Labute approximate surface area is 248 Å². The van der Waals surface area contributed by atoms with Crippen LogP contribution in [0.15, 0.2) is 66.9 Å². The van der Waals surface area contributed by atoms with Gasteiger partial charge in [0.1, 0.15) is 6.61 Å². The van der Waals surface area contributed by atoms with Crippen LogP contribution in [0.5, 0.6) is 11.5 Å². The zero-order valence-corrected chi connectivity index (χ0v) is 24.3. The van der Waals surface area contributed by atoms with Gasteiger partial charge in [-0.05, 0) is 80.2 Å². The molecule has 4 heterocycles. The lowest BCUT2D eigenvalue weighted by Crippen LogP contribution is -2.29. The summed E-state index contributed by atoms with van der Waals surface area (Å²) in [5.74, 6) is 1.17. The average Bonchev–Trinajstić information content (AvgIpc) is 3.65. The summed E-state index contributed by atoms with van der Waals surface area (Å²) < 4.78 is 18.3. The van der Waals surface area contributed by atoms with Gasteiger partial charge >= 0.3 is 0 Å². The van der Waals surface area contributed by atoms with E-state index in [0.29, 0.717) is 15.8 Å². The maximum absolute atomic E-state index is 12.1. The minimum atomic E-state index is -0.287. The van der Waals surface area contributed by atoms with E-state index >= 15 is 0 Å². The van der Waals surface area contributed by atoms with Gasteiger partial charge in [0.2, 0.25) is 12.7 Å². The molecule has 0 aliphatic carbocycles. The fourth-order valence-corrected chi connectivity index (χ4v) is 6.10. The number of halogens is 1. The van der Waals surface area contributed by atoms with Crippen LogP contribution < -0.4 is 25.0 Å². The van der Waals surface area contributed by atoms with E-state index in [0.717, 1.165) is 45.5 Å². The minimum Gasteiger partial charge on any atom is -0.454 e. The molecule has 0 radical (unpaired) electrons. The molecule has 4 aromatic rings. The second-order valence-electron chi connectivity index (χ2n) is 9.84. The molecule has 11 heteroatoms. The minimum absolute atomic E-state index is 0.0645. The van der Waals surface area contributed by atoms with E-state index < -0.39 is 0 Å². The highest BCUT2D eigenvalue weighted by molar-refractivity contribution is 7.80. The Morgan fingerprint density at radius 3 is 2.68 bits per heavy atom. The van der Waals surface area contributed by atoms with Crippen LogP contribution in [0.25, 0.3) is 5.69 Å². The van der Waals surface area contributed by atoms with E-state index in [4.69, 9.17) is 38.0 Å². The molecular weight excluding hydrogens is 562 g/mol. The molecule has 0 bridgehead atoms. The maximum atomic E-state index is 12.1. The first kappa shape index (κ1) is 27.1. The predicted molar refractivity (Wildman–Crippen MR) is 161 cm³/mol. The first-order chi connectivity index (χ1) is 19.9. The fraction of sp³-hybridized carbons (Fsp3) is 0.233. The summed E-state index contributed by atoms with van der Waals surface area (Å²) in [7, 11) is 1.47. The van der Waals surface area contributed by atoms with Gasteiger partial charge in [-0.25, -0.2) is 0 Å². The van der Waals surface area contributed by atoms with Gasteiger partial charge in [0, 0.05) is 42.1 Å². The van der Waals surface area contributed by atoms with Gasteiger partial charge in [-0.3, -0.25) is 9.78 Å². The number of nitrogens with zero attached hydrogens (tertiary/aromatic N) is 3. The van der Waals surface area contributed by atoms with Crippen LogP contribution in [-0.4, -0.2) is 41.1 Å². The molecule has 0 saturated carbocycles. The molecule has 1 amide bonds. The Balaban J connectivity index is 1.44. The summed E-state index contributed by atoms with van der Waals surface area (Å²) in [6, 6.07) is 19.0. The zero-order valence-electron chi connectivity index (χ0n) is 22.7. The number of carbonyl (C=O) groups is 1. The van der Waals surface area contributed by atoms with E-state index in [1.54, 1.807) is 12.3 Å². The number of carbonyl (C=O) groups excluding carboxylic acids is 1. The maximum Gasteiger partial charge on any atom is 0.250 e. The normalized spacial score (nSPS) is 17.6. The van der Waals surface area contributed by atoms with Crippen molar-refractivity contribution in [2.75, 3.05) is 30.7 Å². The zero-order chi connectivity index (χ0) is 28.7. The van der Waals surface area contributed by atoms with Crippen molar-refractivity contribution in [2.24, 2.45) is 0 Å². The molecule has 2 aromatic heterocycles. The van der Waals surface area contributed by atoms with E-state index in [1.165, 1.54) is 7.11 Å². The third-order valence-corrected chi connectivity index (χ3v) is 7.91. The SMILES string of the molecule is COCC(=O)Nc1ccc(N2C(=S)N[C@@H](c3ccccn3)[C@@H]2c2cc(C)n(-c3ccc4c(c3)OCO4)c2C)cc1Cl. The molecule has 41 heavy (non-hydrogen) atoms. The molecule has 1 saturated heterocycles. The Morgan fingerprint density at radius 1 is 1.12 bits per heavy atom. The highest BCUT2D eigenvalue weighted by atomic mass is 35.5. The molecule has 2 aliphatic heterocycles. The molecule has 6 rings (SSSR count).